The lowest BCUT2D eigenvalue weighted by Gasteiger charge is -2.22. The van der Waals surface area contributed by atoms with Gasteiger partial charge in [0.05, 0.1) is 6.20 Å². The normalized spacial score (nSPS) is 18.5. The van der Waals surface area contributed by atoms with Gasteiger partial charge in [0.1, 0.15) is 6.20 Å². The number of hydrogen-bond donors (Lipinski definition) is 0. The number of amides is 2. The van der Waals surface area contributed by atoms with E-state index in [0.717, 1.165) is 0 Å². The molecule has 0 atom stereocenters. The first kappa shape index (κ1) is 13.4. The van der Waals surface area contributed by atoms with E-state index in [0.29, 0.717) is 6.20 Å². The molecule has 1 aliphatic heterocycles. The summed E-state index contributed by atoms with van der Waals surface area (Å²) >= 11 is 0. The van der Waals surface area contributed by atoms with Gasteiger partial charge in [-0.3, -0.25) is 0 Å². The number of carbonyl (C=O) groups excluding carboxylic acids is 2. The Bertz CT molecular complexity index is 379. The van der Waals surface area contributed by atoms with Crippen LogP contribution in [0.25, 0.3) is 0 Å². The minimum atomic E-state index is -5.60. The van der Waals surface area contributed by atoms with Gasteiger partial charge in [0.25, 0.3) is 0 Å². The maximum Gasteiger partial charge on any atom is 0.511 e. The Morgan fingerprint density at radius 2 is 1.35 bits per heavy atom. The first-order valence-electron chi connectivity index (χ1n) is 3.86. The lowest BCUT2D eigenvalue weighted by Crippen LogP contribution is -2.60. The van der Waals surface area contributed by atoms with Crippen LogP contribution >= 0.6 is 0 Å². The smallest absolute Gasteiger partial charge is 0.218 e. The summed E-state index contributed by atoms with van der Waals surface area (Å²) in [7, 11) is 0. The van der Waals surface area contributed by atoms with E-state index in [-0.39, 0.29) is 12.5 Å². The first-order valence-corrected chi connectivity index (χ1v) is 3.86. The lowest BCUT2D eigenvalue weighted by atomic mass is 10.3. The number of hydrogen-bond acceptors (Lipinski definition) is 3. The van der Waals surface area contributed by atoms with Crippen molar-refractivity contribution >= 4 is 18.2 Å². The topological polar surface area (TPSA) is 46.5 Å². The first-order chi connectivity index (χ1) is 7.52. The van der Waals surface area contributed by atoms with Gasteiger partial charge in [-0.05, 0) is 0 Å². The molecule has 0 aromatic heterocycles. The maximum absolute atomic E-state index is 12.1. The summed E-state index contributed by atoms with van der Waals surface area (Å²) in [6.45, 7) is 0. The summed E-state index contributed by atoms with van der Waals surface area (Å²) in [5.41, 5.74) is 0. The standard InChI is InChI=1S/C7H3F6N2O2/c8-6(9,10)4(16)15(2-1-14-3-15)5(17)7(11,12)13/h1-3H/q+1. The summed E-state index contributed by atoms with van der Waals surface area (Å²) < 4.78 is 70.0. The highest BCUT2D eigenvalue weighted by molar-refractivity contribution is 5.98. The molecule has 2 amide bonds. The predicted octanol–water partition coefficient (Wildman–Crippen LogP) is 1.49. The summed E-state index contributed by atoms with van der Waals surface area (Å²) in [5, 5.41) is 0. The average Bonchev–Trinajstić information content (AvgIpc) is 2.62. The van der Waals surface area contributed by atoms with Crippen LogP contribution in [-0.2, 0) is 9.59 Å². The van der Waals surface area contributed by atoms with Gasteiger partial charge in [-0.2, -0.15) is 26.3 Å². The second kappa shape index (κ2) is 3.65. The van der Waals surface area contributed by atoms with Gasteiger partial charge < -0.3 is 0 Å². The minimum Gasteiger partial charge on any atom is -0.218 e. The van der Waals surface area contributed by atoms with Crippen LogP contribution in [0.3, 0.4) is 0 Å². The molecule has 0 spiro atoms. The second-order valence-electron chi connectivity index (χ2n) is 2.95. The molecular formula is C7H3F6N2O2+. The van der Waals surface area contributed by atoms with E-state index in [2.05, 4.69) is 4.99 Å². The third-order valence-electron chi connectivity index (χ3n) is 1.79. The lowest BCUT2D eigenvalue weighted by molar-refractivity contribution is -0.637. The van der Waals surface area contributed by atoms with E-state index in [9.17, 15) is 35.9 Å². The van der Waals surface area contributed by atoms with Crippen molar-refractivity contribution in [2.75, 3.05) is 0 Å². The van der Waals surface area contributed by atoms with Crippen LogP contribution in [0.2, 0.25) is 0 Å². The van der Waals surface area contributed by atoms with Crippen LogP contribution in [0, 0.1) is 0 Å². The molecule has 0 fully saturated rings. The average molecular weight is 261 g/mol. The zero-order chi connectivity index (χ0) is 13.5. The van der Waals surface area contributed by atoms with Crippen molar-refractivity contribution in [3.05, 3.63) is 12.4 Å². The van der Waals surface area contributed by atoms with E-state index in [1.807, 2.05) is 0 Å². The Balaban J connectivity index is 3.28. The van der Waals surface area contributed by atoms with Crippen LogP contribution < -0.4 is 0 Å². The molecule has 0 aliphatic carbocycles. The molecule has 1 aliphatic rings. The van der Waals surface area contributed by atoms with Gasteiger partial charge in [-0.15, -0.1) is 4.48 Å². The van der Waals surface area contributed by atoms with Crippen molar-refractivity contribution in [3.8, 4) is 0 Å². The van der Waals surface area contributed by atoms with Crippen LogP contribution in [0.5, 0.6) is 0 Å². The highest BCUT2D eigenvalue weighted by Crippen LogP contribution is 2.31. The second-order valence-corrected chi connectivity index (χ2v) is 2.95. The quantitative estimate of drug-likeness (QED) is 0.490. The fraction of sp³-hybridized carbons (Fsp3) is 0.286. The SMILES string of the molecule is O=C(C(F)(F)F)[N+]1(C(=O)C(F)(F)F)C=CN=C1. The van der Waals surface area contributed by atoms with Crippen molar-refractivity contribution in [2.45, 2.75) is 12.4 Å². The van der Waals surface area contributed by atoms with E-state index >= 15 is 0 Å². The zero-order valence-electron chi connectivity index (χ0n) is 7.71. The van der Waals surface area contributed by atoms with Gasteiger partial charge in [0, 0.05) is 0 Å². The maximum atomic E-state index is 12.1. The Morgan fingerprint density at radius 1 is 0.941 bits per heavy atom. The van der Waals surface area contributed by atoms with Gasteiger partial charge in [0.2, 0.25) is 6.34 Å². The summed E-state index contributed by atoms with van der Waals surface area (Å²) in [6.07, 6.45) is -10.6. The molecule has 94 valence electrons. The molecule has 0 aromatic rings. The molecule has 0 saturated heterocycles. The molecule has 0 unspecified atom stereocenters. The van der Waals surface area contributed by atoms with Crippen molar-refractivity contribution in [1.29, 1.82) is 0 Å². The van der Waals surface area contributed by atoms with E-state index < -0.39 is 28.6 Å². The Kier molecular flexibility index (Phi) is 2.87. The van der Waals surface area contributed by atoms with E-state index in [1.165, 1.54) is 0 Å². The third-order valence-corrected chi connectivity index (χ3v) is 1.79. The summed E-state index contributed by atoms with van der Waals surface area (Å²) in [6, 6.07) is 0. The molecule has 1 heterocycles. The van der Waals surface area contributed by atoms with Crippen molar-refractivity contribution in [1.82, 2.24) is 0 Å². The third kappa shape index (κ3) is 2.20. The number of aliphatic imine (C=N–C) groups is 1. The number of quaternary nitrogens is 1. The fourth-order valence-electron chi connectivity index (χ4n) is 1.08. The summed E-state index contributed by atoms with van der Waals surface area (Å²) in [5.74, 6) is -5.75. The fourth-order valence-corrected chi connectivity index (χ4v) is 1.08. The van der Waals surface area contributed by atoms with Crippen LogP contribution in [0.4, 0.5) is 26.3 Å². The van der Waals surface area contributed by atoms with Gasteiger partial charge in [-0.25, -0.2) is 14.6 Å². The highest BCUT2D eigenvalue weighted by Gasteiger charge is 2.65. The Morgan fingerprint density at radius 3 is 1.59 bits per heavy atom. The Labute approximate surface area is 89.4 Å². The molecule has 10 heteroatoms. The molecular weight excluding hydrogens is 258 g/mol. The number of carbonyl (C=O) groups is 2. The van der Waals surface area contributed by atoms with Crippen LogP contribution in [0.15, 0.2) is 17.4 Å². The number of halogens is 6. The number of alkyl halides is 6. The molecule has 17 heavy (non-hydrogen) atoms. The van der Waals surface area contributed by atoms with Gasteiger partial charge in [0.15, 0.2) is 0 Å². The van der Waals surface area contributed by atoms with E-state index in [1.54, 1.807) is 0 Å². The molecule has 1 rings (SSSR count). The van der Waals surface area contributed by atoms with Gasteiger partial charge in [-0.1, -0.05) is 0 Å². The molecule has 0 saturated carbocycles. The summed E-state index contributed by atoms with van der Waals surface area (Å²) in [4.78, 5) is 24.7. The van der Waals surface area contributed by atoms with E-state index in [4.69, 9.17) is 0 Å². The number of nitrogens with zero attached hydrogens (tertiary/aromatic N) is 2. The van der Waals surface area contributed by atoms with Crippen LogP contribution in [-0.4, -0.2) is 35.0 Å². The molecule has 4 nitrogen and oxygen atoms in total. The number of imide groups is 1. The monoisotopic (exact) mass is 261 g/mol. The predicted molar refractivity (Wildman–Crippen MR) is 40.0 cm³/mol. The minimum absolute atomic E-state index is 0.0222. The van der Waals surface area contributed by atoms with Crippen molar-refractivity contribution in [3.63, 3.8) is 0 Å². The molecule has 0 N–H and O–H groups in total. The molecule has 0 radical (unpaired) electrons. The Hall–Kier alpha value is -1.71. The number of rotatable bonds is 0. The molecule has 0 bridgehead atoms. The van der Waals surface area contributed by atoms with Gasteiger partial charge >= 0.3 is 24.2 Å². The zero-order valence-corrected chi connectivity index (χ0v) is 7.71. The van der Waals surface area contributed by atoms with Crippen LogP contribution in [0.1, 0.15) is 0 Å². The highest BCUT2D eigenvalue weighted by atomic mass is 19.4. The molecule has 0 aromatic carbocycles. The largest absolute Gasteiger partial charge is 0.511 e. The van der Waals surface area contributed by atoms with Crippen molar-refractivity contribution in [2.24, 2.45) is 4.99 Å². The van der Waals surface area contributed by atoms with Crippen molar-refractivity contribution < 1.29 is 40.4 Å².